The number of amides is 2. The molecule has 0 unspecified atom stereocenters. The quantitative estimate of drug-likeness (QED) is 0.201. The van der Waals surface area contributed by atoms with E-state index in [0.717, 1.165) is 10.8 Å². The molecule has 0 radical (unpaired) electrons. The van der Waals surface area contributed by atoms with Crippen LogP contribution in [0.1, 0.15) is 59.6 Å². The number of hydrogen-bond acceptors (Lipinski definition) is 19. The van der Waals surface area contributed by atoms with Crippen LogP contribution >= 0.6 is 33.4 Å². The minimum absolute atomic E-state index is 0.273. The fourth-order valence-electron chi connectivity index (χ4n) is 3.35. The lowest BCUT2D eigenvalue weighted by Gasteiger charge is -2.25. The van der Waals surface area contributed by atoms with E-state index in [1.807, 2.05) is 0 Å². The van der Waals surface area contributed by atoms with E-state index in [0.29, 0.717) is 35.2 Å². The molecular formula is C24H35ClN6O16S6. The van der Waals surface area contributed by atoms with Crippen molar-refractivity contribution in [2.75, 3.05) is 12.5 Å². The van der Waals surface area contributed by atoms with Crippen LogP contribution in [0.3, 0.4) is 0 Å². The van der Waals surface area contributed by atoms with E-state index < -0.39 is 105 Å². The molecule has 53 heavy (non-hydrogen) atoms. The fraction of sp³-hybridized carbons (Fsp3) is 0.542. The lowest BCUT2D eigenvalue weighted by Crippen LogP contribution is -2.40. The molecule has 0 aromatic carbocycles. The van der Waals surface area contributed by atoms with Crippen LogP contribution in [0.5, 0.6) is 0 Å². The Kier molecular flexibility index (Phi) is 16.8. The van der Waals surface area contributed by atoms with Crippen molar-refractivity contribution >= 4 is 94.7 Å². The summed E-state index contributed by atoms with van der Waals surface area (Å²) in [4.78, 5) is 42.6. The molecule has 2 heterocycles. The maximum atomic E-state index is 12.1. The zero-order valence-electron chi connectivity index (χ0n) is 29.2. The molecule has 0 atom stereocenters. The molecule has 2 N–H and O–H groups in total. The van der Waals surface area contributed by atoms with Crippen molar-refractivity contribution in [3.8, 4) is 6.07 Å². The second-order valence-corrected chi connectivity index (χ2v) is 21.5. The average molecular weight is 891 g/mol. The summed E-state index contributed by atoms with van der Waals surface area (Å²) >= 11 is 0.909. The number of thiophene rings is 2. The van der Waals surface area contributed by atoms with Gasteiger partial charge in [0.25, 0.3) is 9.05 Å². The van der Waals surface area contributed by atoms with Gasteiger partial charge in [-0.3, -0.25) is 20.2 Å². The molecule has 0 saturated heterocycles. The van der Waals surface area contributed by atoms with Gasteiger partial charge < -0.3 is 9.47 Å². The van der Waals surface area contributed by atoms with Crippen LogP contribution in [0.4, 0.5) is 19.6 Å². The molecule has 2 rings (SSSR count). The third-order valence-electron chi connectivity index (χ3n) is 5.08. The predicted octanol–water partition coefficient (Wildman–Crippen LogP) is 3.81. The number of rotatable bonds is 10. The summed E-state index contributed by atoms with van der Waals surface area (Å²) in [5.41, 5.74) is -2.62. The predicted molar refractivity (Wildman–Crippen MR) is 191 cm³/mol. The minimum atomic E-state index is -4.55. The molecule has 29 heteroatoms. The zero-order chi connectivity index (χ0) is 42.3. The number of halogens is 1. The second kappa shape index (κ2) is 18.1. The average Bonchev–Trinajstić information content (AvgIpc) is 3.52. The monoisotopic (exact) mass is 890 g/mol. The molecule has 300 valence electrons. The summed E-state index contributed by atoms with van der Waals surface area (Å²) in [5.74, 6) is 0. The Hall–Kier alpha value is -3.72. The summed E-state index contributed by atoms with van der Waals surface area (Å²) in [6, 6.07) is 1.75. The van der Waals surface area contributed by atoms with E-state index in [2.05, 4.69) is 0 Å². The van der Waals surface area contributed by atoms with E-state index in [1.165, 1.54) is 48.5 Å². The van der Waals surface area contributed by atoms with Crippen molar-refractivity contribution in [1.29, 1.82) is 5.26 Å². The summed E-state index contributed by atoms with van der Waals surface area (Å²) in [7, 11) is -12.1. The molecule has 0 fully saturated rings. The van der Waals surface area contributed by atoms with Crippen molar-refractivity contribution in [2.45, 2.75) is 82.5 Å². The fourth-order valence-corrected chi connectivity index (χ4v) is 9.55. The van der Waals surface area contributed by atoms with Gasteiger partial charge in [-0.15, -0.1) is 0 Å². The highest BCUT2D eigenvalue weighted by Crippen LogP contribution is 2.38. The lowest BCUT2D eigenvalue weighted by molar-refractivity contribution is -0.383. The molecule has 0 aliphatic heterocycles. The molecule has 0 bridgehead atoms. The number of nitro groups is 2. The number of sulfonamides is 3. The summed E-state index contributed by atoms with van der Waals surface area (Å²) < 4.78 is 105. The van der Waals surface area contributed by atoms with Gasteiger partial charge in [0.05, 0.1) is 41.5 Å². The maximum absolute atomic E-state index is 12.1. The number of carbonyl (C=O) groups is 2. The lowest BCUT2D eigenvalue weighted by atomic mass is 10.2. The largest absolute Gasteiger partial charge is 0.443 e. The Morgan fingerprint density at radius 1 is 0.792 bits per heavy atom. The Labute approximate surface area is 317 Å². The summed E-state index contributed by atoms with van der Waals surface area (Å²) in [6.07, 6.45) is -1.06. The molecule has 0 aliphatic rings. The molecule has 0 saturated carbocycles. The first-order valence-electron chi connectivity index (χ1n) is 13.7. The second-order valence-electron chi connectivity index (χ2n) is 12.0. The van der Waals surface area contributed by atoms with Gasteiger partial charge in [0, 0.05) is 39.5 Å². The summed E-state index contributed by atoms with van der Waals surface area (Å²) in [5, 5.41) is 34.8. The number of nitrogens with zero attached hydrogens (tertiary/aromatic N) is 5. The standard InChI is InChI=1S/C11H15ClN2O8S3.C11H17N3O8S3.C2H3N/c2*1-11(2,3)22-10(15)13(24(4,18)19)5-7-6-23-9(14(16)17)8(7)25(12,20)21;1-2-3/h6H,5H2,1-4H3;6H,5H2,1-4H3,(H2,12,20,21);1H3. The molecule has 2 aromatic rings. The van der Waals surface area contributed by atoms with Gasteiger partial charge in [-0.2, -0.15) is 5.26 Å². The zero-order valence-corrected chi connectivity index (χ0v) is 34.9. The van der Waals surface area contributed by atoms with Gasteiger partial charge in [0.15, 0.2) is 9.79 Å². The van der Waals surface area contributed by atoms with Crippen LogP contribution in [-0.2, 0) is 61.7 Å². The van der Waals surface area contributed by atoms with Crippen molar-refractivity contribution in [2.24, 2.45) is 5.14 Å². The molecular weight excluding hydrogens is 856 g/mol. The highest BCUT2D eigenvalue weighted by molar-refractivity contribution is 8.14. The number of ether oxygens (including phenoxy) is 2. The first kappa shape index (κ1) is 49.3. The van der Waals surface area contributed by atoms with Crippen molar-refractivity contribution < 1.29 is 62.6 Å². The number of carbonyl (C=O) groups excluding carboxylic acids is 2. The van der Waals surface area contributed by atoms with Gasteiger partial charge >= 0.3 is 22.2 Å². The van der Waals surface area contributed by atoms with Crippen LogP contribution in [0.2, 0.25) is 0 Å². The van der Waals surface area contributed by atoms with Crippen LogP contribution in [0.15, 0.2) is 20.6 Å². The number of primary sulfonamides is 1. The highest BCUT2D eigenvalue weighted by Gasteiger charge is 2.37. The third kappa shape index (κ3) is 16.0. The molecule has 2 amide bonds. The molecule has 2 aromatic heterocycles. The smallest absolute Gasteiger partial charge is 0.424 e. The van der Waals surface area contributed by atoms with Gasteiger partial charge in [-0.05, 0) is 41.5 Å². The molecule has 0 spiro atoms. The first-order valence-corrected chi connectivity index (χ1v) is 23.0. The number of hydrogen-bond donors (Lipinski definition) is 1. The van der Waals surface area contributed by atoms with Gasteiger partial charge in [0.2, 0.25) is 30.1 Å². The van der Waals surface area contributed by atoms with E-state index in [9.17, 15) is 63.5 Å². The topological polar surface area (TPSA) is 332 Å². The SMILES string of the molecule is CC#N.CC(C)(C)OC(=O)N(Cc1csc([N+](=O)[O-])c1S(=O)(=O)Cl)S(C)(=O)=O.CC(C)(C)OC(=O)N(Cc1csc([N+](=O)[O-])c1S(N)(=O)=O)S(C)(=O)=O. The van der Waals surface area contributed by atoms with Crippen LogP contribution in [0, 0.1) is 31.6 Å². The highest BCUT2D eigenvalue weighted by atomic mass is 35.7. The Morgan fingerprint density at radius 2 is 1.08 bits per heavy atom. The number of nitrogens with two attached hydrogens (primary N) is 1. The minimum Gasteiger partial charge on any atom is -0.443 e. The molecule has 22 nitrogen and oxygen atoms in total. The first-order chi connectivity index (χ1) is 23.5. The van der Waals surface area contributed by atoms with Gasteiger partial charge in [-0.25, -0.2) is 57.0 Å². The van der Waals surface area contributed by atoms with Crippen LogP contribution in [0.25, 0.3) is 0 Å². The van der Waals surface area contributed by atoms with Crippen LogP contribution in [-0.4, -0.2) is 88.0 Å². The normalized spacial score (nSPS) is 12.1. The van der Waals surface area contributed by atoms with Crippen molar-refractivity contribution in [3.05, 3.63) is 42.1 Å². The van der Waals surface area contributed by atoms with E-state index in [4.69, 9.17) is 30.6 Å². The maximum Gasteiger partial charge on any atom is 0.424 e. The Morgan fingerprint density at radius 3 is 1.30 bits per heavy atom. The van der Waals surface area contributed by atoms with E-state index >= 15 is 0 Å². The van der Waals surface area contributed by atoms with E-state index in [-0.39, 0.29) is 19.7 Å². The Bertz CT molecular complexity index is 2050. The number of nitriles is 1. The molecule has 0 aliphatic carbocycles. The Balaban J connectivity index is 0.000000949. The third-order valence-corrected chi connectivity index (χ3v) is 11.9. The van der Waals surface area contributed by atoms with Crippen molar-refractivity contribution in [1.82, 2.24) is 8.61 Å². The van der Waals surface area contributed by atoms with Gasteiger partial charge in [0.1, 0.15) is 11.2 Å². The summed E-state index contributed by atoms with van der Waals surface area (Å²) in [6.45, 7) is 8.94. The van der Waals surface area contributed by atoms with E-state index in [1.54, 1.807) is 6.07 Å². The van der Waals surface area contributed by atoms with Crippen molar-refractivity contribution in [3.63, 3.8) is 0 Å². The van der Waals surface area contributed by atoms with Crippen LogP contribution < -0.4 is 5.14 Å². The van der Waals surface area contributed by atoms with Gasteiger partial charge in [-0.1, -0.05) is 22.7 Å².